The number of epoxide rings is 1. The highest BCUT2D eigenvalue weighted by molar-refractivity contribution is 5.80. The van der Waals surface area contributed by atoms with Crippen LogP contribution in [0.25, 0.3) is 11.1 Å². The van der Waals surface area contributed by atoms with Crippen LogP contribution in [0, 0.1) is 0 Å². The van der Waals surface area contributed by atoms with Crippen LogP contribution in [0.15, 0.2) is 42.5 Å². The minimum Gasteiger partial charge on any atom is -0.463 e. The predicted molar refractivity (Wildman–Crippen MR) is 79.1 cm³/mol. The molecule has 0 spiro atoms. The Labute approximate surface area is 123 Å². The molecule has 1 saturated heterocycles. The molecule has 2 aliphatic rings. The van der Waals surface area contributed by atoms with Gasteiger partial charge in [-0.15, -0.1) is 0 Å². The lowest BCUT2D eigenvalue weighted by Gasteiger charge is -2.08. The summed E-state index contributed by atoms with van der Waals surface area (Å²) >= 11 is 0. The molecule has 4 rings (SSSR count). The average Bonchev–Trinajstić information content (AvgIpc) is 3.25. The van der Waals surface area contributed by atoms with E-state index < -0.39 is 0 Å². The van der Waals surface area contributed by atoms with Crippen molar-refractivity contribution in [2.24, 2.45) is 0 Å². The highest BCUT2D eigenvalue weighted by Crippen LogP contribution is 2.38. The Hall–Kier alpha value is -2.13. The molecule has 3 heteroatoms. The van der Waals surface area contributed by atoms with E-state index in [-0.39, 0.29) is 12.1 Å². The number of esters is 1. The van der Waals surface area contributed by atoms with Crippen molar-refractivity contribution < 1.29 is 14.3 Å². The fourth-order valence-corrected chi connectivity index (χ4v) is 2.95. The van der Waals surface area contributed by atoms with Crippen LogP contribution in [0.2, 0.25) is 0 Å². The zero-order valence-electron chi connectivity index (χ0n) is 11.7. The van der Waals surface area contributed by atoms with Gasteiger partial charge in [0.25, 0.3) is 0 Å². The standard InChI is InChI=1S/C18H16O3/c19-18(21-11-14-10-20-14)9-13-5-3-7-16-15-6-2-1-4-12(15)8-17(13)16/h1-7,14H,8-11H2. The van der Waals surface area contributed by atoms with Crippen LogP contribution < -0.4 is 0 Å². The molecule has 1 heterocycles. The maximum atomic E-state index is 11.9. The van der Waals surface area contributed by atoms with Crippen LogP contribution in [-0.4, -0.2) is 25.3 Å². The Balaban J connectivity index is 1.56. The number of ether oxygens (including phenoxy) is 2. The van der Waals surface area contributed by atoms with Gasteiger partial charge in [-0.1, -0.05) is 42.5 Å². The highest BCUT2D eigenvalue weighted by atomic mass is 16.6. The first kappa shape index (κ1) is 12.6. The molecule has 2 aromatic rings. The topological polar surface area (TPSA) is 38.8 Å². The number of carbonyl (C=O) groups is 1. The molecule has 0 radical (unpaired) electrons. The Morgan fingerprint density at radius 2 is 1.95 bits per heavy atom. The van der Waals surface area contributed by atoms with Crippen molar-refractivity contribution in [3.05, 3.63) is 59.2 Å². The molecular weight excluding hydrogens is 264 g/mol. The molecule has 3 nitrogen and oxygen atoms in total. The van der Waals surface area contributed by atoms with Crippen LogP contribution in [-0.2, 0) is 27.1 Å². The van der Waals surface area contributed by atoms with Gasteiger partial charge in [-0.3, -0.25) is 4.79 Å². The monoisotopic (exact) mass is 280 g/mol. The first-order valence-electron chi connectivity index (χ1n) is 7.27. The first-order valence-corrected chi connectivity index (χ1v) is 7.27. The van der Waals surface area contributed by atoms with E-state index in [1.807, 2.05) is 12.1 Å². The number of fused-ring (bicyclic) bond motifs is 3. The molecule has 0 bridgehead atoms. The van der Waals surface area contributed by atoms with E-state index in [2.05, 4.69) is 30.3 Å². The van der Waals surface area contributed by atoms with Gasteiger partial charge in [0.2, 0.25) is 0 Å². The van der Waals surface area contributed by atoms with Gasteiger partial charge in [0, 0.05) is 0 Å². The van der Waals surface area contributed by atoms with Gasteiger partial charge in [-0.25, -0.2) is 0 Å². The Morgan fingerprint density at radius 3 is 2.81 bits per heavy atom. The van der Waals surface area contributed by atoms with Crippen molar-refractivity contribution in [2.45, 2.75) is 18.9 Å². The van der Waals surface area contributed by atoms with Gasteiger partial charge in [-0.05, 0) is 34.2 Å². The van der Waals surface area contributed by atoms with E-state index in [1.165, 1.54) is 22.3 Å². The van der Waals surface area contributed by atoms with Gasteiger partial charge >= 0.3 is 5.97 Å². The van der Waals surface area contributed by atoms with E-state index in [9.17, 15) is 4.79 Å². The van der Waals surface area contributed by atoms with Crippen molar-refractivity contribution >= 4 is 5.97 Å². The van der Waals surface area contributed by atoms with E-state index >= 15 is 0 Å². The molecule has 0 aromatic heterocycles. The van der Waals surface area contributed by atoms with Crippen LogP contribution in [0.4, 0.5) is 0 Å². The largest absolute Gasteiger partial charge is 0.463 e. The fourth-order valence-electron chi connectivity index (χ4n) is 2.95. The van der Waals surface area contributed by atoms with Crippen LogP contribution >= 0.6 is 0 Å². The third-order valence-corrected chi connectivity index (χ3v) is 4.12. The van der Waals surface area contributed by atoms with Gasteiger partial charge in [-0.2, -0.15) is 0 Å². The van der Waals surface area contributed by atoms with Crippen molar-refractivity contribution in [1.29, 1.82) is 0 Å². The fraction of sp³-hybridized carbons (Fsp3) is 0.278. The van der Waals surface area contributed by atoms with Gasteiger partial charge in [0.15, 0.2) is 0 Å². The maximum Gasteiger partial charge on any atom is 0.310 e. The second-order valence-electron chi connectivity index (χ2n) is 5.59. The summed E-state index contributed by atoms with van der Waals surface area (Å²) in [5, 5.41) is 0. The van der Waals surface area contributed by atoms with Crippen molar-refractivity contribution in [2.75, 3.05) is 13.2 Å². The van der Waals surface area contributed by atoms with Crippen molar-refractivity contribution in [1.82, 2.24) is 0 Å². The Kier molecular flexibility index (Phi) is 3.00. The molecule has 1 unspecified atom stereocenters. The quantitative estimate of drug-likeness (QED) is 0.545. The average molecular weight is 280 g/mol. The maximum absolute atomic E-state index is 11.9. The number of hydrogen-bond donors (Lipinski definition) is 0. The second-order valence-corrected chi connectivity index (χ2v) is 5.59. The molecule has 106 valence electrons. The number of rotatable bonds is 4. The minimum atomic E-state index is -0.171. The van der Waals surface area contributed by atoms with E-state index in [0.29, 0.717) is 19.6 Å². The van der Waals surface area contributed by atoms with Crippen LogP contribution in [0.3, 0.4) is 0 Å². The number of carbonyl (C=O) groups excluding carboxylic acids is 1. The smallest absolute Gasteiger partial charge is 0.310 e. The summed E-state index contributed by atoms with van der Waals surface area (Å²) < 4.78 is 10.3. The van der Waals surface area contributed by atoms with Crippen LogP contribution in [0.5, 0.6) is 0 Å². The zero-order chi connectivity index (χ0) is 14.2. The lowest BCUT2D eigenvalue weighted by molar-refractivity contribution is -0.143. The van der Waals surface area contributed by atoms with Gasteiger partial charge in [0.05, 0.1) is 13.0 Å². The van der Waals surface area contributed by atoms with E-state index in [1.54, 1.807) is 0 Å². The number of hydrogen-bond acceptors (Lipinski definition) is 3. The summed E-state index contributed by atoms with van der Waals surface area (Å²) in [5.41, 5.74) is 6.21. The lowest BCUT2D eigenvalue weighted by Crippen LogP contribution is -2.13. The first-order chi connectivity index (χ1) is 10.3. The normalized spacial score (nSPS) is 18.0. The van der Waals surface area contributed by atoms with E-state index in [4.69, 9.17) is 9.47 Å². The molecule has 1 atom stereocenters. The Morgan fingerprint density at radius 1 is 1.14 bits per heavy atom. The van der Waals surface area contributed by atoms with Crippen LogP contribution in [0.1, 0.15) is 16.7 Å². The summed E-state index contributed by atoms with van der Waals surface area (Å²) in [5.74, 6) is -0.171. The number of benzene rings is 2. The highest BCUT2D eigenvalue weighted by Gasteiger charge is 2.25. The molecule has 1 fully saturated rings. The van der Waals surface area contributed by atoms with Gasteiger partial charge < -0.3 is 9.47 Å². The molecule has 1 aliphatic carbocycles. The molecule has 2 aromatic carbocycles. The minimum absolute atomic E-state index is 0.125. The van der Waals surface area contributed by atoms with Gasteiger partial charge in [0.1, 0.15) is 12.7 Å². The Bertz CT molecular complexity index is 701. The molecule has 0 N–H and O–H groups in total. The molecule has 0 amide bonds. The third kappa shape index (κ3) is 2.45. The SMILES string of the molecule is O=C(Cc1cccc2c1Cc1ccccc1-2)OCC1CO1. The second kappa shape index (κ2) is 5.01. The lowest BCUT2D eigenvalue weighted by atomic mass is 9.99. The van der Waals surface area contributed by atoms with Crippen molar-refractivity contribution in [3.63, 3.8) is 0 Å². The molecule has 1 aliphatic heterocycles. The molecule has 0 saturated carbocycles. The predicted octanol–water partition coefficient (Wildman–Crippen LogP) is 2.74. The zero-order valence-corrected chi connectivity index (χ0v) is 11.7. The summed E-state index contributed by atoms with van der Waals surface area (Å²) in [6.45, 7) is 1.09. The summed E-state index contributed by atoms with van der Waals surface area (Å²) in [6, 6.07) is 14.6. The summed E-state index contributed by atoms with van der Waals surface area (Å²) in [7, 11) is 0. The van der Waals surface area contributed by atoms with Crippen molar-refractivity contribution in [3.8, 4) is 11.1 Å². The molecular formula is C18H16O3. The van der Waals surface area contributed by atoms with E-state index in [0.717, 1.165) is 12.0 Å². The summed E-state index contributed by atoms with van der Waals surface area (Å²) in [6.07, 6.45) is 1.37. The third-order valence-electron chi connectivity index (χ3n) is 4.12. The molecule has 21 heavy (non-hydrogen) atoms. The summed E-state index contributed by atoms with van der Waals surface area (Å²) in [4.78, 5) is 11.9.